The van der Waals surface area contributed by atoms with E-state index in [1.165, 1.54) is 0 Å². The lowest BCUT2D eigenvalue weighted by molar-refractivity contribution is -0.134. The molecule has 1 aromatic carbocycles. The molecule has 0 aromatic heterocycles. The first kappa shape index (κ1) is 18.0. The molecule has 6 heteroatoms. The summed E-state index contributed by atoms with van der Waals surface area (Å²) in [6, 6.07) is 6.95. The summed E-state index contributed by atoms with van der Waals surface area (Å²) in [5.74, 6) is -0.291. The van der Waals surface area contributed by atoms with Crippen LogP contribution in [0.15, 0.2) is 24.3 Å². The first-order chi connectivity index (χ1) is 11.5. The van der Waals surface area contributed by atoms with Gasteiger partial charge < -0.3 is 15.5 Å². The lowest BCUT2D eigenvalue weighted by Gasteiger charge is -2.19. The molecule has 24 heavy (non-hydrogen) atoms. The van der Waals surface area contributed by atoms with E-state index in [9.17, 15) is 14.4 Å². The predicted octanol–water partition coefficient (Wildman–Crippen LogP) is 2.62. The molecule has 1 fully saturated rings. The average Bonchev–Trinajstić information content (AvgIpc) is 2.74. The number of nitrogens with one attached hydrogen (secondary N) is 2. The number of hydrogen-bond donors (Lipinski definition) is 2. The number of benzene rings is 1. The molecule has 3 amide bonds. The second-order valence-electron chi connectivity index (χ2n) is 6.40. The Morgan fingerprint density at radius 1 is 1.04 bits per heavy atom. The molecule has 2 rings (SSSR count). The van der Waals surface area contributed by atoms with Crippen molar-refractivity contribution in [3.8, 4) is 0 Å². The lowest BCUT2D eigenvalue weighted by atomic mass is 10.2. The summed E-state index contributed by atoms with van der Waals surface area (Å²) in [7, 11) is 0. The molecule has 6 nitrogen and oxygen atoms in total. The van der Waals surface area contributed by atoms with Gasteiger partial charge in [0.15, 0.2) is 0 Å². The van der Waals surface area contributed by atoms with Crippen LogP contribution >= 0.6 is 0 Å². The largest absolute Gasteiger partial charge is 0.333 e. The van der Waals surface area contributed by atoms with Gasteiger partial charge in [0.1, 0.15) is 0 Å². The molecule has 0 spiro atoms. The molecular weight excluding hydrogens is 306 g/mol. The second-order valence-corrected chi connectivity index (χ2v) is 6.40. The Balaban J connectivity index is 1.87. The van der Waals surface area contributed by atoms with Gasteiger partial charge in [-0.2, -0.15) is 0 Å². The summed E-state index contributed by atoms with van der Waals surface area (Å²) >= 11 is 0. The molecular formula is C18H25N3O3. The van der Waals surface area contributed by atoms with Crippen molar-refractivity contribution in [3.05, 3.63) is 24.3 Å². The fourth-order valence-electron chi connectivity index (χ4n) is 2.50. The van der Waals surface area contributed by atoms with Crippen molar-refractivity contribution in [2.24, 2.45) is 5.92 Å². The van der Waals surface area contributed by atoms with Gasteiger partial charge >= 0.3 is 0 Å². The highest BCUT2D eigenvalue weighted by Crippen LogP contribution is 2.15. The minimum atomic E-state index is -0.204. The Morgan fingerprint density at radius 2 is 1.67 bits per heavy atom. The van der Waals surface area contributed by atoms with Gasteiger partial charge in [-0.05, 0) is 37.1 Å². The van der Waals surface area contributed by atoms with Crippen LogP contribution in [0.1, 0.15) is 39.5 Å². The standard InChI is InChI=1S/C18H25N3O3/c1-13(2)18(24)20-15-9-7-14(8-10-15)19-16(22)12-21-11-5-3-4-6-17(21)23/h7-10,13H,3-6,11-12H2,1-2H3,(H,19,22)(H,20,24). The van der Waals surface area contributed by atoms with Crippen molar-refractivity contribution in [3.63, 3.8) is 0 Å². The zero-order valence-electron chi connectivity index (χ0n) is 14.3. The van der Waals surface area contributed by atoms with Crippen LogP contribution in [0.5, 0.6) is 0 Å². The van der Waals surface area contributed by atoms with Gasteiger partial charge in [-0.15, -0.1) is 0 Å². The van der Waals surface area contributed by atoms with Gasteiger partial charge in [-0.1, -0.05) is 20.3 Å². The van der Waals surface area contributed by atoms with Crippen LogP contribution in [-0.4, -0.2) is 35.7 Å². The number of carbonyl (C=O) groups excluding carboxylic acids is 3. The molecule has 0 saturated carbocycles. The van der Waals surface area contributed by atoms with Crippen molar-refractivity contribution >= 4 is 29.1 Å². The minimum absolute atomic E-state index is 0.0496. The van der Waals surface area contributed by atoms with E-state index in [1.54, 1.807) is 29.2 Å². The molecule has 0 bridgehead atoms. The highest BCUT2D eigenvalue weighted by atomic mass is 16.2. The Morgan fingerprint density at radius 3 is 2.29 bits per heavy atom. The fraction of sp³-hybridized carbons (Fsp3) is 0.500. The van der Waals surface area contributed by atoms with Crippen LogP contribution in [0.3, 0.4) is 0 Å². The van der Waals surface area contributed by atoms with Crippen molar-refractivity contribution in [1.29, 1.82) is 0 Å². The number of amides is 3. The molecule has 1 heterocycles. The summed E-state index contributed by atoms with van der Waals surface area (Å²) in [4.78, 5) is 37.3. The van der Waals surface area contributed by atoms with Crippen LogP contribution in [0.25, 0.3) is 0 Å². The normalized spacial score (nSPS) is 15.1. The third kappa shape index (κ3) is 5.37. The maximum absolute atomic E-state index is 12.1. The molecule has 2 N–H and O–H groups in total. The van der Waals surface area contributed by atoms with Crippen LogP contribution in [0.2, 0.25) is 0 Å². The van der Waals surface area contributed by atoms with E-state index >= 15 is 0 Å². The van der Waals surface area contributed by atoms with Crippen LogP contribution in [0.4, 0.5) is 11.4 Å². The smallest absolute Gasteiger partial charge is 0.243 e. The maximum Gasteiger partial charge on any atom is 0.243 e. The number of likely N-dealkylation sites (tertiary alicyclic amines) is 1. The van der Waals surface area contributed by atoms with Crippen LogP contribution < -0.4 is 10.6 Å². The second kappa shape index (κ2) is 8.47. The van der Waals surface area contributed by atoms with Gasteiger partial charge in [-0.3, -0.25) is 14.4 Å². The minimum Gasteiger partial charge on any atom is -0.333 e. The molecule has 0 unspecified atom stereocenters. The van der Waals surface area contributed by atoms with Gasteiger partial charge in [0.2, 0.25) is 17.7 Å². The van der Waals surface area contributed by atoms with Gasteiger partial charge in [0.25, 0.3) is 0 Å². The quantitative estimate of drug-likeness (QED) is 0.870. The lowest BCUT2D eigenvalue weighted by Crippen LogP contribution is -2.37. The van der Waals surface area contributed by atoms with E-state index in [0.29, 0.717) is 24.3 Å². The first-order valence-corrected chi connectivity index (χ1v) is 8.44. The highest BCUT2D eigenvalue weighted by Gasteiger charge is 2.19. The molecule has 130 valence electrons. The predicted molar refractivity (Wildman–Crippen MR) is 93.6 cm³/mol. The topological polar surface area (TPSA) is 78.5 Å². The number of nitrogens with zero attached hydrogens (tertiary/aromatic N) is 1. The number of carbonyl (C=O) groups is 3. The average molecular weight is 331 g/mol. The zero-order chi connectivity index (χ0) is 17.5. The zero-order valence-corrected chi connectivity index (χ0v) is 14.3. The summed E-state index contributed by atoms with van der Waals surface area (Å²) in [6.45, 7) is 4.39. The molecule has 0 atom stereocenters. The molecule has 1 saturated heterocycles. The van der Waals surface area contributed by atoms with E-state index in [0.717, 1.165) is 19.3 Å². The first-order valence-electron chi connectivity index (χ1n) is 8.44. The van der Waals surface area contributed by atoms with E-state index in [-0.39, 0.29) is 30.2 Å². The summed E-state index contributed by atoms with van der Waals surface area (Å²) in [5.41, 5.74) is 1.33. The van der Waals surface area contributed by atoms with Crippen molar-refractivity contribution in [2.75, 3.05) is 23.7 Å². The van der Waals surface area contributed by atoms with Gasteiger partial charge in [0, 0.05) is 30.3 Å². The van der Waals surface area contributed by atoms with E-state index < -0.39 is 0 Å². The van der Waals surface area contributed by atoms with E-state index in [2.05, 4.69) is 10.6 Å². The Hall–Kier alpha value is -2.37. The van der Waals surface area contributed by atoms with Gasteiger partial charge in [0.05, 0.1) is 6.54 Å². The summed E-state index contributed by atoms with van der Waals surface area (Å²) in [6.07, 6.45) is 3.41. The molecule has 1 aliphatic rings. The van der Waals surface area contributed by atoms with Crippen LogP contribution in [0, 0.1) is 5.92 Å². The molecule has 0 radical (unpaired) electrons. The Labute approximate surface area is 142 Å². The Bertz CT molecular complexity index is 596. The maximum atomic E-state index is 12.1. The Kier molecular flexibility index (Phi) is 6.35. The highest BCUT2D eigenvalue weighted by molar-refractivity contribution is 5.95. The third-order valence-electron chi connectivity index (χ3n) is 3.97. The SMILES string of the molecule is CC(C)C(=O)Nc1ccc(NC(=O)CN2CCCCCC2=O)cc1. The van der Waals surface area contributed by atoms with Crippen LogP contribution in [-0.2, 0) is 14.4 Å². The molecule has 1 aromatic rings. The van der Waals surface area contributed by atoms with E-state index in [4.69, 9.17) is 0 Å². The van der Waals surface area contributed by atoms with Crippen molar-refractivity contribution < 1.29 is 14.4 Å². The van der Waals surface area contributed by atoms with Crippen molar-refractivity contribution in [2.45, 2.75) is 39.5 Å². The number of anilines is 2. The van der Waals surface area contributed by atoms with Crippen molar-refractivity contribution in [1.82, 2.24) is 4.90 Å². The van der Waals surface area contributed by atoms with Gasteiger partial charge in [-0.25, -0.2) is 0 Å². The fourth-order valence-corrected chi connectivity index (χ4v) is 2.50. The monoisotopic (exact) mass is 331 g/mol. The summed E-state index contributed by atoms with van der Waals surface area (Å²) in [5, 5.41) is 5.58. The third-order valence-corrected chi connectivity index (χ3v) is 3.97. The van der Waals surface area contributed by atoms with E-state index in [1.807, 2.05) is 13.8 Å². The summed E-state index contributed by atoms with van der Waals surface area (Å²) < 4.78 is 0. The molecule has 0 aliphatic carbocycles. The number of rotatable bonds is 5. The molecule has 1 aliphatic heterocycles. The number of hydrogen-bond acceptors (Lipinski definition) is 3.